The third kappa shape index (κ3) is 5.97. The van der Waals surface area contributed by atoms with Gasteiger partial charge in [0, 0.05) is 23.5 Å². The van der Waals surface area contributed by atoms with E-state index in [1.54, 1.807) is 28.8 Å². The molecule has 0 saturated carbocycles. The first kappa shape index (κ1) is 31.3. The summed E-state index contributed by atoms with van der Waals surface area (Å²) in [5.41, 5.74) is 0.130. The second-order valence-electron chi connectivity index (χ2n) is 11.6. The highest BCUT2D eigenvalue weighted by molar-refractivity contribution is 6.29. The van der Waals surface area contributed by atoms with Crippen LogP contribution in [0.15, 0.2) is 54.6 Å². The molecule has 1 aliphatic rings. The van der Waals surface area contributed by atoms with E-state index in [4.69, 9.17) is 25.8 Å². The van der Waals surface area contributed by atoms with E-state index in [2.05, 4.69) is 15.0 Å². The van der Waals surface area contributed by atoms with Crippen molar-refractivity contribution in [2.75, 3.05) is 20.3 Å². The van der Waals surface area contributed by atoms with Gasteiger partial charge in [-0.15, -0.1) is 0 Å². The van der Waals surface area contributed by atoms with Crippen molar-refractivity contribution < 1.29 is 37.3 Å². The number of methoxy groups -OCH3 is 1. The fourth-order valence-corrected chi connectivity index (χ4v) is 5.74. The Balaban J connectivity index is 1.33. The molecule has 13 heteroatoms. The highest BCUT2D eigenvalue weighted by Gasteiger charge is 2.39. The number of hydrogen-bond donors (Lipinski definition) is 1. The molecule has 9 nitrogen and oxygen atoms in total. The van der Waals surface area contributed by atoms with Crippen molar-refractivity contribution in [2.24, 2.45) is 5.41 Å². The summed E-state index contributed by atoms with van der Waals surface area (Å²) in [5, 5.41) is 9.81. The largest absolute Gasteiger partial charge is 0.481 e. The van der Waals surface area contributed by atoms with Crippen LogP contribution in [0, 0.1) is 22.9 Å². The lowest BCUT2D eigenvalue weighted by Crippen LogP contribution is -2.27. The van der Waals surface area contributed by atoms with Gasteiger partial charge >= 0.3 is 5.97 Å². The molecule has 0 spiro atoms. The second kappa shape index (κ2) is 12.3. The highest BCUT2D eigenvalue weighted by atomic mass is 35.5. The molecule has 1 fully saturated rings. The first-order chi connectivity index (χ1) is 21.9. The van der Waals surface area contributed by atoms with Gasteiger partial charge in [0.25, 0.3) is 0 Å². The highest BCUT2D eigenvalue weighted by Crippen LogP contribution is 2.41. The predicted molar refractivity (Wildman–Crippen MR) is 163 cm³/mol. The number of ether oxygens (including phenoxy) is 3. The third-order valence-electron chi connectivity index (χ3n) is 7.99. The summed E-state index contributed by atoms with van der Waals surface area (Å²) in [6, 6.07) is 12.0. The molecule has 1 saturated heterocycles. The van der Waals surface area contributed by atoms with Gasteiger partial charge in [0.15, 0.2) is 5.82 Å². The van der Waals surface area contributed by atoms with Crippen molar-refractivity contribution in [2.45, 2.75) is 32.9 Å². The van der Waals surface area contributed by atoms with Crippen molar-refractivity contribution in [3.05, 3.63) is 99.7 Å². The van der Waals surface area contributed by atoms with Crippen LogP contribution in [0.4, 0.5) is 13.2 Å². The van der Waals surface area contributed by atoms with Crippen LogP contribution in [0.5, 0.6) is 11.8 Å². The number of carboxylic acid groups (broad SMARTS) is 1. The smallest absolute Gasteiger partial charge is 0.335 e. The molecular formula is C33H28ClF3N4O5. The Bertz CT molecular complexity index is 1980. The number of nitrogens with zero attached hydrogens (tertiary/aromatic N) is 4. The van der Waals surface area contributed by atoms with Crippen molar-refractivity contribution in [1.82, 2.24) is 19.5 Å². The molecule has 5 aromatic rings. The molecule has 238 valence electrons. The van der Waals surface area contributed by atoms with Gasteiger partial charge in [0.1, 0.15) is 34.7 Å². The molecule has 1 unspecified atom stereocenters. The number of imidazole rings is 1. The van der Waals surface area contributed by atoms with E-state index in [0.717, 1.165) is 18.2 Å². The van der Waals surface area contributed by atoms with Crippen LogP contribution in [-0.2, 0) is 17.8 Å². The average molecular weight is 653 g/mol. The number of rotatable bonds is 9. The number of halogens is 4. The second-order valence-corrected chi connectivity index (χ2v) is 12.0. The van der Waals surface area contributed by atoms with Gasteiger partial charge < -0.3 is 23.9 Å². The molecule has 0 aliphatic carbocycles. The van der Waals surface area contributed by atoms with Gasteiger partial charge in [-0.3, -0.25) is 0 Å². The summed E-state index contributed by atoms with van der Waals surface area (Å²) in [5.74, 6) is -2.90. The Labute approximate surface area is 266 Å². The van der Waals surface area contributed by atoms with Crippen LogP contribution in [0.1, 0.15) is 47.2 Å². The molecule has 1 aliphatic heterocycles. The van der Waals surface area contributed by atoms with E-state index in [1.807, 2.05) is 13.8 Å². The van der Waals surface area contributed by atoms with E-state index in [0.29, 0.717) is 12.2 Å². The number of aromatic carboxylic acids is 1. The van der Waals surface area contributed by atoms with Crippen molar-refractivity contribution >= 4 is 28.6 Å². The Hall–Kier alpha value is -4.68. The van der Waals surface area contributed by atoms with Crippen molar-refractivity contribution in [3.63, 3.8) is 0 Å². The Morgan fingerprint density at radius 1 is 1.04 bits per heavy atom. The zero-order valence-corrected chi connectivity index (χ0v) is 25.7. The minimum Gasteiger partial charge on any atom is -0.481 e. The number of fused-ring (bicyclic) bond motifs is 1. The lowest BCUT2D eigenvalue weighted by Gasteiger charge is -2.28. The molecule has 0 radical (unpaired) electrons. The van der Waals surface area contributed by atoms with E-state index in [1.165, 1.54) is 19.2 Å². The quantitative estimate of drug-likeness (QED) is 0.169. The lowest BCUT2D eigenvalue weighted by atomic mass is 9.87. The third-order valence-corrected chi connectivity index (χ3v) is 8.20. The summed E-state index contributed by atoms with van der Waals surface area (Å²) in [6.45, 7) is 4.61. The molecule has 1 atom stereocenters. The van der Waals surface area contributed by atoms with Crippen molar-refractivity contribution in [1.29, 1.82) is 0 Å². The summed E-state index contributed by atoms with van der Waals surface area (Å²) in [4.78, 5) is 24.6. The number of carboxylic acids is 1. The molecule has 4 heterocycles. The fourth-order valence-electron chi connectivity index (χ4n) is 5.60. The Kier molecular flexibility index (Phi) is 8.34. The molecule has 2 aromatic carbocycles. The van der Waals surface area contributed by atoms with Gasteiger partial charge in [0.2, 0.25) is 11.8 Å². The minimum absolute atomic E-state index is 0.0249. The summed E-state index contributed by atoms with van der Waals surface area (Å²) >= 11 is 5.92. The van der Waals surface area contributed by atoms with E-state index in [-0.39, 0.29) is 81.8 Å². The predicted octanol–water partition coefficient (Wildman–Crippen LogP) is 7.04. The molecule has 6 rings (SSSR count). The molecule has 0 amide bonds. The number of benzene rings is 2. The van der Waals surface area contributed by atoms with E-state index >= 15 is 13.2 Å². The van der Waals surface area contributed by atoms with E-state index in [9.17, 15) is 9.90 Å². The average Bonchev–Trinajstić information content (AvgIpc) is 3.56. The standard InChI is InChI=1S/C33H28ClF3N4O5/c1-33(2)16-45-15-26(33)41-25-11-19(32(42)43)10-23(37)30(25)40-28(41)12-18-9-22(36)20(13-21(18)35)24-5-4-6-29(38-24)46-14-17-7-8-27(34)39-31(17)44-3/h4-11,13,26H,12,14-16H2,1-3H3,(H,42,43). The molecule has 1 N–H and O–H groups in total. The Morgan fingerprint density at radius 3 is 2.57 bits per heavy atom. The topological polar surface area (TPSA) is 109 Å². The maximum Gasteiger partial charge on any atom is 0.335 e. The fraction of sp³-hybridized carbons (Fsp3) is 0.273. The summed E-state index contributed by atoms with van der Waals surface area (Å²) in [6.07, 6.45) is -0.195. The van der Waals surface area contributed by atoms with Gasteiger partial charge in [-0.25, -0.2) is 32.9 Å². The molecular weight excluding hydrogens is 625 g/mol. The normalized spacial score (nSPS) is 15.8. The van der Waals surface area contributed by atoms with Crippen molar-refractivity contribution in [3.8, 4) is 23.0 Å². The summed E-state index contributed by atoms with van der Waals surface area (Å²) in [7, 11) is 1.45. The van der Waals surface area contributed by atoms with Gasteiger partial charge in [-0.2, -0.15) is 0 Å². The first-order valence-corrected chi connectivity index (χ1v) is 14.6. The monoisotopic (exact) mass is 652 g/mol. The van der Waals surface area contributed by atoms with Gasteiger partial charge in [-0.05, 0) is 48.0 Å². The van der Waals surface area contributed by atoms with Crippen LogP contribution in [0.2, 0.25) is 5.15 Å². The zero-order valence-electron chi connectivity index (χ0n) is 25.0. The number of carbonyl (C=O) groups is 1. The summed E-state index contributed by atoms with van der Waals surface area (Å²) < 4.78 is 64.8. The SMILES string of the molecule is COc1nc(Cl)ccc1COc1cccc(-c2cc(F)c(Cc3nc4c(F)cc(C(=O)O)cc4n3C3COCC3(C)C)cc2F)n1. The van der Waals surface area contributed by atoms with Crippen LogP contribution >= 0.6 is 11.6 Å². The maximum atomic E-state index is 15.7. The minimum atomic E-state index is -1.30. The van der Waals surface area contributed by atoms with Crippen LogP contribution in [0.3, 0.4) is 0 Å². The molecule has 3 aromatic heterocycles. The van der Waals surface area contributed by atoms with Crippen LogP contribution in [-0.4, -0.2) is 50.9 Å². The molecule has 0 bridgehead atoms. The first-order valence-electron chi connectivity index (χ1n) is 14.2. The molecule has 46 heavy (non-hydrogen) atoms. The number of aromatic nitrogens is 4. The van der Waals surface area contributed by atoms with Gasteiger partial charge in [0.05, 0.1) is 48.7 Å². The Morgan fingerprint density at radius 2 is 1.85 bits per heavy atom. The maximum absolute atomic E-state index is 15.7. The number of pyridine rings is 2. The zero-order chi connectivity index (χ0) is 32.7. The number of hydrogen-bond acceptors (Lipinski definition) is 7. The van der Waals surface area contributed by atoms with E-state index < -0.39 is 28.8 Å². The van der Waals surface area contributed by atoms with Gasteiger partial charge in [-0.1, -0.05) is 31.5 Å². The van der Waals surface area contributed by atoms with Crippen LogP contribution in [0.25, 0.3) is 22.3 Å². The van der Waals surface area contributed by atoms with Crippen LogP contribution < -0.4 is 9.47 Å². The lowest BCUT2D eigenvalue weighted by molar-refractivity contribution is 0.0696.